The molecule has 110 valence electrons. The summed E-state index contributed by atoms with van der Waals surface area (Å²) < 4.78 is 0. The maximum atomic E-state index is 3.79. The van der Waals surface area contributed by atoms with Gasteiger partial charge in [-0.1, -0.05) is 42.0 Å². The van der Waals surface area contributed by atoms with Gasteiger partial charge in [0.2, 0.25) is 0 Å². The van der Waals surface area contributed by atoms with E-state index in [2.05, 4.69) is 75.1 Å². The van der Waals surface area contributed by atoms with Crippen molar-refractivity contribution < 1.29 is 0 Å². The summed E-state index contributed by atoms with van der Waals surface area (Å²) in [5, 5.41) is 3.64. The van der Waals surface area contributed by atoms with Gasteiger partial charge in [-0.3, -0.25) is 0 Å². The molecule has 0 saturated heterocycles. The Morgan fingerprint density at radius 3 is 2.67 bits per heavy atom. The van der Waals surface area contributed by atoms with Crippen LogP contribution in [0.5, 0.6) is 0 Å². The largest absolute Gasteiger partial charge is 0.378 e. The van der Waals surface area contributed by atoms with Gasteiger partial charge in [0.05, 0.1) is 0 Å². The average molecular weight is 297 g/mol. The third-order valence-electron chi connectivity index (χ3n) is 3.51. The Bertz CT molecular complexity index is 619. The topological polar surface area (TPSA) is 12.0 Å². The van der Waals surface area contributed by atoms with Crippen LogP contribution in [0.2, 0.25) is 0 Å². The summed E-state index contributed by atoms with van der Waals surface area (Å²) in [6, 6.07) is 15.4. The Balaban J connectivity index is 2.19. The van der Waals surface area contributed by atoms with Crippen molar-refractivity contribution in [2.75, 3.05) is 11.1 Å². The minimum atomic E-state index is 0.288. The van der Waals surface area contributed by atoms with E-state index < -0.39 is 0 Å². The highest BCUT2D eigenvalue weighted by atomic mass is 32.2. The molecule has 0 radical (unpaired) electrons. The number of hydrogen-bond acceptors (Lipinski definition) is 2. The number of thioether (sulfide) groups is 1. The zero-order valence-electron chi connectivity index (χ0n) is 13.0. The first-order valence-corrected chi connectivity index (χ1v) is 8.26. The molecule has 1 N–H and O–H groups in total. The van der Waals surface area contributed by atoms with Crippen LogP contribution in [0.1, 0.15) is 29.7 Å². The highest BCUT2D eigenvalue weighted by Gasteiger charge is 2.10. The van der Waals surface area contributed by atoms with Crippen LogP contribution in [0.3, 0.4) is 0 Å². The summed E-state index contributed by atoms with van der Waals surface area (Å²) in [4.78, 5) is 1.27. The monoisotopic (exact) mass is 297 g/mol. The van der Waals surface area contributed by atoms with Gasteiger partial charge in [0.1, 0.15) is 0 Å². The molecule has 0 aliphatic carbocycles. The summed E-state index contributed by atoms with van der Waals surface area (Å²) in [6.45, 7) is 10.3. The predicted octanol–water partition coefficient (Wildman–Crippen LogP) is 5.75. The van der Waals surface area contributed by atoms with Crippen LogP contribution in [-0.2, 0) is 0 Å². The Labute approximate surface area is 132 Å². The summed E-state index contributed by atoms with van der Waals surface area (Å²) in [5.74, 6) is 0.927. The normalized spacial score (nSPS) is 12.0. The molecule has 2 aromatic carbocycles. The van der Waals surface area contributed by atoms with Gasteiger partial charge in [-0.05, 0) is 44.0 Å². The molecule has 1 unspecified atom stereocenters. The molecule has 0 aromatic heterocycles. The van der Waals surface area contributed by atoms with Crippen molar-refractivity contribution in [1.29, 1.82) is 0 Å². The molecule has 0 fully saturated rings. The molecule has 0 bridgehead atoms. The van der Waals surface area contributed by atoms with Crippen LogP contribution in [0.25, 0.3) is 0 Å². The fraction of sp³-hybridized carbons (Fsp3) is 0.263. The molecule has 0 amide bonds. The second kappa shape index (κ2) is 7.37. The molecule has 0 spiro atoms. The molecule has 2 rings (SSSR count). The quantitative estimate of drug-likeness (QED) is 0.538. The lowest BCUT2D eigenvalue weighted by molar-refractivity contribution is 0.868. The minimum Gasteiger partial charge on any atom is -0.378 e. The van der Waals surface area contributed by atoms with Gasteiger partial charge in [0, 0.05) is 22.4 Å². The lowest BCUT2D eigenvalue weighted by atomic mass is 10.00. The molecule has 0 heterocycles. The van der Waals surface area contributed by atoms with Crippen LogP contribution in [0, 0.1) is 13.8 Å². The maximum absolute atomic E-state index is 3.79. The first-order chi connectivity index (χ1) is 10.1. The Morgan fingerprint density at radius 1 is 1.19 bits per heavy atom. The van der Waals surface area contributed by atoms with E-state index in [-0.39, 0.29) is 6.04 Å². The molecular weight excluding hydrogens is 274 g/mol. The van der Waals surface area contributed by atoms with Gasteiger partial charge in [-0.15, -0.1) is 18.3 Å². The third kappa shape index (κ3) is 4.15. The standard InChI is InChI=1S/C19H23NS/c1-5-12-21-19-9-7-6-8-18(19)20-16(4)17-11-10-14(2)13-15(17)3/h5-11,13,16,20H,1,12H2,2-4H3. The SMILES string of the molecule is C=CCSc1ccccc1NC(C)c1ccc(C)cc1C. The molecule has 0 aliphatic rings. The maximum Gasteiger partial charge on any atom is 0.0488 e. The van der Waals surface area contributed by atoms with Gasteiger partial charge in [0.25, 0.3) is 0 Å². The predicted molar refractivity (Wildman–Crippen MR) is 95.3 cm³/mol. The van der Waals surface area contributed by atoms with E-state index in [1.807, 2.05) is 17.8 Å². The third-order valence-corrected chi connectivity index (χ3v) is 4.58. The number of anilines is 1. The number of rotatable bonds is 6. The van der Waals surface area contributed by atoms with Gasteiger partial charge in [-0.2, -0.15) is 0 Å². The molecule has 0 saturated carbocycles. The highest BCUT2D eigenvalue weighted by molar-refractivity contribution is 7.99. The van der Waals surface area contributed by atoms with Crippen molar-refractivity contribution in [3.63, 3.8) is 0 Å². The Morgan fingerprint density at radius 2 is 1.95 bits per heavy atom. The minimum absolute atomic E-state index is 0.288. The van der Waals surface area contributed by atoms with Crippen molar-refractivity contribution in [2.45, 2.75) is 31.7 Å². The van der Waals surface area contributed by atoms with E-state index >= 15 is 0 Å². The number of para-hydroxylation sites is 1. The molecule has 2 aromatic rings. The van der Waals surface area contributed by atoms with Gasteiger partial charge in [-0.25, -0.2) is 0 Å². The Kier molecular flexibility index (Phi) is 5.51. The summed E-state index contributed by atoms with van der Waals surface area (Å²) in [6.07, 6.45) is 1.94. The van der Waals surface area contributed by atoms with Gasteiger partial charge < -0.3 is 5.32 Å². The van der Waals surface area contributed by atoms with Gasteiger partial charge >= 0.3 is 0 Å². The second-order valence-corrected chi connectivity index (χ2v) is 6.38. The zero-order chi connectivity index (χ0) is 15.2. The van der Waals surface area contributed by atoms with Crippen molar-refractivity contribution >= 4 is 17.4 Å². The average Bonchev–Trinajstić information content (AvgIpc) is 2.46. The lowest BCUT2D eigenvalue weighted by Gasteiger charge is -2.20. The number of nitrogens with one attached hydrogen (secondary N) is 1. The number of aryl methyl sites for hydroxylation is 2. The molecular formula is C19H23NS. The van der Waals surface area contributed by atoms with E-state index in [9.17, 15) is 0 Å². The van der Waals surface area contributed by atoms with Crippen LogP contribution < -0.4 is 5.32 Å². The van der Waals surface area contributed by atoms with Crippen molar-refractivity contribution in [2.24, 2.45) is 0 Å². The van der Waals surface area contributed by atoms with Crippen molar-refractivity contribution in [3.8, 4) is 0 Å². The summed E-state index contributed by atoms with van der Waals surface area (Å²) in [5.41, 5.74) is 5.19. The Hall–Kier alpha value is -1.67. The fourth-order valence-electron chi connectivity index (χ4n) is 2.48. The molecule has 1 nitrogen and oxygen atoms in total. The van der Waals surface area contributed by atoms with Crippen LogP contribution in [-0.4, -0.2) is 5.75 Å². The van der Waals surface area contributed by atoms with Gasteiger partial charge in [0.15, 0.2) is 0 Å². The smallest absolute Gasteiger partial charge is 0.0488 e. The van der Waals surface area contributed by atoms with Crippen LogP contribution in [0.4, 0.5) is 5.69 Å². The van der Waals surface area contributed by atoms with E-state index in [1.54, 1.807) is 0 Å². The van der Waals surface area contributed by atoms with E-state index in [0.29, 0.717) is 0 Å². The van der Waals surface area contributed by atoms with Crippen LogP contribution in [0.15, 0.2) is 60.0 Å². The molecule has 2 heteroatoms. The first-order valence-electron chi connectivity index (χ1n) is 7.28. The van der Waals surface area contributed by atoms with E-state index in [4.69, 9.17) is 0 Å². The molecule has 1 atom stereocenters. The van der Waals surface area contributed by atoms with E-state index in [1.165, 1.54) is 27.3 Å². The summed E-state index contributed by atoms with van der Waals surface area (Å²) in [7, 11) is 0. The van der Waals surface area contributed by atoms with E-state index in [0.717, 1.165) is 5.75 Å². The zero-order valence-corrected chi connectivity index (χ0v) is 13.8. The lowest BCUT2D eigenvalue weighted by Crippen LogP contribution is -2.09. The molecule has 0 aliphatic heterocycles. The van der Waals surface area contributed by atoms with Crippen LogP contribution >= 0.6 is 11.8 Å². The highest BCUT2D eigenvalue weighted by Crippen LogP contribution is 2.30. The summed E-state index contributed by atoms with van der Waals surface area (Å²) >= 11 is 1.81. The molecule has 21 heavy (non-hydrogen) atoms. The number of benzene rings is 2. The van der Waals surface area contributed by atoms with Crippen molar-refractivity contribution in [1.82, 2.24) is 0 Å². The second-order valence-electron chi connectivity index (χ2n) is 5.32. The fourth-order valence-corrected chi connectivity index (χ4v) is 3.24. The first kappa shape index (κ1) is 15.7. The number of hydrogen-bond donors (Lipinski definition) is 1. The van der Waals surface area contributed by atoms with Crippen molar-refractivity contribution in [3.05, 3.63) is 71.8 Å².